The second kappa shape index (κ2) is 17.1. The van der Waals surface area contributed by atoms with E-state index in [0.29, 0.717) is 5.92 Å². The van der Waals surface area contributed by atoms with E-state index >= 15 is 0 Å². The SMILES string of the molecule is C/C=C1/C=C2/C(=C\c3c(-c4cc(-c5ccccc5C)ccc4N(C)c4ccc(-c5ccccc5)cc4)cc4c(c3N1C1=CCC3C(=C1)C(C)(C)CCC3(C)C)C(C)(C)c1ccccc1-4)C(C)(C)CCC2(C)C. The molecule has 5 aliphatic rings. The van der Waals surface area contributed by atoms with Gasteiger partial charge in [-0.15, -0.1) is 0 Å². The van der Waals surface area contributed by atoms with E-state index < -0.39 is 0 Å². The molecule has 0 spiro atoms. The highest BCUT2D eigenvalue weighted by molar-refractivity contribution is 6.02. The Kier molecular flexibility index (Phi) is 11.4. The van der Waals surface area contributed by atoms with Crippen LogP contribution in [0.4, 0.5) is 17.1 Å². The lowest BCUT2D eigenvalue weighted by Crippen LogP contribution is -2.40. The molecule has 1 atom stereocenters. The zero-order chi connectivity index (χ0) is 50.7. The van der Waals surface area contributed by atoms with Crippen LogP contribution >= 0.6 is 0 Å². The lowest BCUT2D eigenvalue weighted by molar-refractivity contribution is 0.123. The third-order valence-electron chi connectivity index (χ3n) is 18.4. The molecular formula is C70H76N2. The second-order valence-corrected chi connectivity index (χ2v) is 25.1. The van der Waals surface area contributed by atoms with Gasteiger partial charge in [0.2, 0.25) is 0 Å². The van der Waals surface area contributed by atoms with E-state index in [1.165, 1.54) is 114 Å². The van der Waals surface area contributed by atoms with E-state index in [9.17, 15) is 0 Å². The molecule has 1 aliphatic heterocycles. The Morgan fingerprint density at radius 1 is 0.556 bits per heavy atom. The van der Waals surface area contributed by atoms with Crippen LogP contribution in [0.3, 0.4) is 0 Å². The highest BCUT2D eigenvalue weighted by atomic mass is 15.2. The maximum atomic E-state index is 2.75. The van der Waals surface area contributed by atoms with E-state index in [1.807, 2.05) is 0 Å². The minimum atomic E-state index is -0.280. The Labute approximate surface area is 432 Å². The minimum Gasteiger partial charge on any atom is -0.344 e. The van der Waals surface area contributed by atoms with Crippen LogP contribution in [-0.2, 0) is 5.41 Å². The molecule has 1 unspecified atom stereocenters. The van der Waals surface area contributed by atoms with Crippen LogP contribution in [0.1, 0.15) is 131 Å². The quantitative estimate of drug-likeness (QED) is 0.164. The van der Waals surface area contributed by atoms with Gasteiger partial charge in [-0.1, -0.05) is 184 Å². The molecule has 0 N–H and O–H groups in total. The van der Waals surface area contributed by atoms with Gasteiger partial charge in [0, 0.05) is 46.4 Å². The number of rotatable bonds is 6. The highest BCUT2D eigenvalue weighted by Gasteiger charge is 2.48. The predicted molar refractivity (Wildman–Crippen MR) is 310 cm³/mol. The van der Waals surface area contributed by atoms with Crippen molar-refractivity contribution in [1.29, 1.82) is 0 Å². The van der Waals surface area contributed by atoms with Crippen LogP contribution in [0.5, 0.6) is 0 Å². The summed E-state index contributed by atoms with van der Waals surface area (Å²) in [5.41, 5.74) is 26.2. The number of nitrogens with zero attached hydrogens (tertiary/aromatic N) is 2. The molecule has 0 saturated heterocycles. The Morgan fingerprint density at radius 2 is 1.17 bits per heavy atom. The molecule has 2 saturated carbocycles. The molecular weight excluding hydrogens is 869 g/mol. The van der Waals surface area contributed by atoms with Crippen molar-refractivity contribution >= 4 is 23.1 Å². The normalized spacial score (nSPS) is 22.8. The average molecular weight is 945 g/mol. The van der Waals surface area contributed by atoms with Crippen molar-refractivity contribution in [3.8, 4) is 44.5 Å². The average Bonchev–Trinajstić information content (AvgIpc) is 3.59. The first-order valence-corrected chi connectivity index (χ1v) is 27.0. The maximum Gasteiger partial charge on any atom is 0.0587 e. The topological polar surface area (TPSA) is 6.48 Å². The van der Waals surface area contributed by atoms with Gasteiger partial charge in [-0.2, -0.15) is 0 Å². The first kappa shape index (κ1) is 47.9. The first-order chi connectivity index (χ1) is 34.2. The van der Waals surface area contributed by atoms with Gasteiger partial charge in [0.1, 0.15) is 0 Å². The molecule has 4 aliphatic carbocycles. The Bertz CT molecular complexity index is 3320. The molecule has 2 nitrogen and oxygen atoms in total. The van der Waals surface area contributed by atoms with Gasteiger partial charge in [-0.05, 0) is 189 Å². The third kappa shape index (κ3) is 7.73. The molecule has 2 heteroatoms. The van der Waals surface area contributed by atoms with Crippen LogP contribution in [0, 0.1) is 34.5 Å². The van der Waals surface area contributed by atoms with Gasteiger partial charge in [0.25, 0.3) is 0 Å². The van der Waals surface area contributed by atoms with E-state index in [0.717, 1.165) is 24.9 Å². The van der Waals surface area contributed by atoms with Crippen LogP contribution in [-0.4, -0.2) is 7.05 Å². The highest BCUT2D eigenvalue weighted by Crippen LogP contribution is 2.62. The fraction of sp³-hybridized carbons (Fsp3) is 0.343. The van der Waals surface area contributed by atoms with E-state index in [-0.39, 0.29) is 27.1 Å². The van der Waals surface area contributed by atoms with E-state index in [2.05, 4.69) is 258 Å². The van der Waals surface area contributed by atoms with Gasteiger partial charge in [0.05, 0.1) is 5.69 Å². The van der Waals surface area contributed by atoms with E-state index in [1.54, 1.807) is 5.57 Å². The lowest BCUT2D eigenvalue weighted by atomic mass is 9.55. The summed E-state index contributed by atoms with van der Waals surface area (Å²) in [6.07, 6.45) is 18.8. The Morgan fingerprint density at radius 3 is 1.86 bits per heavy atom. The summed E-state index contributed by atoms with van der Waals surface area (Å²) in [6, 6.07) is 47.9. The smallest absolute Gasteiger partial charge is 0.0587 e. The second-order valence-electron chi connectivity index (χ2n) is 25.1. The molecule has 6 aromatic rings. The molecule has 0 aromatic heterocycles. The minimum absolute atomic E-state index is 0.0207. The largest absolute Gasteiger partial charge is 0.344 e. The first-order valence-electron chi connectivity index (χ1n) is 27.0. The van der Waals surface area contributed by atoms with Crippen molar-refractivity contribution in [2.45, 2.75) is 121 Å². The number of hydrogen-bond donors (Lipinski definition) is 0. The number of allylic oxidation sites excluding steroid dienone is 7. The van der Waals surface area contributed by atoms with Crippen molar-refractivity contribution in [1.82, 2.24) is 0 Å². The summed E-state index contributed by atoms with van der Waals surface area (Å²) in [5.74, 6) is 0.512. The molecule has 2 fully saturated rings. The summed E-state index contributed by atoms with van der Waals surface area (Å²) >= 11 is 0. The van der Waals surface area contributed by atoms with Crippen molar-refractivity contribution in [2.75, 3.05) is 16.8 Å². The van der Waals surface area contributed by atoms with Crippen LogP contribution in [0.2, 0.25) is 0 Å². The molecule has 0 amide bonds. The van der Waals surface area contributed by atoms with Crippen molar-refractivity contribution in [3.63, 3.8) is 0 Å². The molecule has 72 heavy (non-hydrogen) atoms. The maximum absolute atomic E-state index is 2.75. The Hall–Kier alpha value is -6.38. The monoisotopic (exact) mass is 945 g/mol. The summed E-state index contributed by atoms with van der Waals surface area (Å²) in [4.78, 5) is 5.18. The van der Waals surface area contributed by atoms with Crippen LogP contribution in [0.25, 0.3) is 50.6 Å². The van der Waals surface area contributed by atoms with Crippen LogP contribution < -0.4 is 9.80 Å². The third-order valence-corrected chi connectivity index (χ3v) is 18.4. The summed E-state index contributed by atoms with van der Waals surface area (Å²) in [5, 5.41) is 0. The van der Waals surface area contributed by atoms with Gasteiger partial charge < -0.3 is 9.80 Å². The molecule has 6 aromatic carbocycles. The number of benzene rings is 6. The van der Waals surface area contributed by atoms with E-state index in [4.69, 9.17) is 0 Å². The van der Waals surface area contributed by atoms with Gasteiger partial charge in [-0.3, -0.25) is 0 Å². The number of fused-ring (bicyclic) bond motifs is 7. The van der Waals surface area contributed by atoms with Crippen LogP contribution in [0.15, 0.2) is 180 Å². The number of aryl methyl sites for hydroxylation is 1. The number of hydrogen-bond acceptors (Lipinski definition) is 2. The zero-order valence-electron chi connectivity index (χ0n) is 45.5. The van der Waals surface area contributed by atoms with Crippen molar-refractivity contribution in [3.05, 3.63) is 202 Å². The lowest BCUT2D eigenvalue weighted by Gasteiger charge is -2.50. The molecule has 0 radical (unpaired) electrons. The summed E-state index contributed by atoms with van der Waals surface area (Å²) in [7, 11) is 2.26. The molecule has 366 valence electrons. The fourth-order valence-corrected chi connectivity index (χ4v) is 13.6. The number of anilines is 3. The van der Waals surface area contributed by atoms with Crippen molar-refractivity contribution < 1.29 is 0 Å². The van der Waals surface area contributed by atoms with Gasteiger partial charge in [0.15, 0.2) is 0 Å². The Balaban J connectivity index is 1.27. The molecule has 11 rings (SSSR count). The van der Waals surface area contributed by atoms with Gasteiger partial charge in [-0.25, -0.2) is 0 Å². The fourth-order valence-electron chi connectivity index (χ4n) is 13.6. The van der Waals surface area contributed by atoms with Gasteiger partial charge >= 0.3 is 0 Å². The zero-order valence-corrected chi connectivity index (χ0v) is 45.5. The summed E-state index contributed by atoms with van der Waals surface area (Å²) < 4.78 is 0. The predicted octanol–water partition coefficient (Wildman–Crippen LogP) is 19.6. The summed E-state index contributed by atoms with van der Waals surface area (Å²) in [6.45, 7) is 29.5. The standard InChI is InChI=1S/C70H76N2/c1-14-49-41-61-62(69(9,10)39-38-68(61,7)8)44-57-54(55-40-48(52-25-19-18-22-45(52)2)30-35-63(55)71(13)50-31-28-47(29-32-50)46-23-16-15-17-24-46)43-56-53-26-20-21-27-58(53)70(11,12)64(56)65(57)72(49)51-33-34-59-60(42-51)67(5,6)37-36-66(59,3)4/h14-33,35,40-44,59H,34,36-39H2,1-13H3/b49-14-,61-41-,62-44+. The molecule has 1 heterocycles. The van der Waals surface area contributed by atoms with Crippen molar-refractivity contribution in [2.24, 2.45) is 27.6 Å². The molecule has 0 bridgehead atoms.